The summed E-state index contributed by atoms with van der Waals surface area (Å²) in [4.78, 5) is 18.1. The van der Waals surface area contributed by atoms with Crippen molar-refractivity contribution < 1.29 is 9.53 Å². The number of ether oxygens (including phenoxy) is 1. The first-order valence-electron chi connectivity index (χ1n) is 6.77. The number of nitrogens with one attached hydrogen (secondary N) is 1. The molecule has 2 heterocycles. The third-order valence-electron chi connectivity index (χ3n) is 3.40. The maximum absolute atomic E-state index is 11.5. The minimum absolute atomic E-state index is 0.346. The second kappa shape index (κ2) is 6.86. The molecule has 1 aromatic heterocycles. The molecule has 1 unspecified atom stereocenters. The van der Waals surface area contributed by atoms with Crippen molar-refractivity contribution in [1.29, 1.82) is 0 Å². The summed E-state index contributed by atoms with van der Waals surface area (Å²) in [5.41, 5.74) is 0.395. The van der Waals surface area contributed by atoms with E-state index in [4.69, 9.17) is 4.74 Å². The minimum Gasteiger partial charge on any atom is -0.461 e. The number of carbonyl (C=O) groups excluding carboxylic acids is 1. The molecule has 1 saturated heterocycles. The zero-order valence-electron chi connectivity index (χ0n) is 11.5. The fourth-order valence-corrected chi connectivity index (χ4v) is 2.95. The van der Waals surface area contributed by atoms with E-state index in [-0.39, 0.29) is 5.97 Å². The first kappa shape index (κ1) is 14.3. The zero-order valence-corrected chi connectivity index (χ0v) is 12.3. The van der Waals surface area contributed by atoms with Gasteiger partial charge in [0.05, 0.1) is 6.61 Å². The number of hydrogen-bond donors (Lipinski definition) is 1. The zero-order chi connectivity index (χ0) is 13.7. The summed E-state index contributed by atoms with van der Waals surface area (Å²) < 4.78 is 4.92. The Balaban J connectivity index is 1.84. The Kier molecular flexibility index (Phi) is 5.15. The van der Waals surface area contributed by atoms with Gasteiger partial charge in [-0.25, -0.2) is 9.78 Å². The highest BCUT2D eigenvalue weighted by Gasteiger charge is 2.19. The van der Waals surface area contributed by atoms with Gasteiger partial charge in [-0.1, -0.05) is 6.42 Å². The lowest BCUT2D eigenvalue weighted by atomic mass is 10.0. The van der Waals surface area contributed by atoms with E-state index in [0.29, 0.717) is 18.3 Å². The Morgan fingerprint density at radius 2 is 2.47 bits per heavy atom. The molecule has 1 fully saturated rings. The predicted octanol–water partition coefficient (Wildman–Crippen LogP) is 2.22. The van der Waals surface area contributed by atoms with Gasteiger partial charge in [-0.05, 0) is 33.4 Å². The lowest BCUT2D eigenvalue weighted by Gasteiger charge is -2.32. The number of piperidine rings is 1. The van der Waals surface area contributed by atoms with Crippen LogP contribution in [0.5, 0.6) is 0 Å². The second-order valence-corrected chi connectivity index (χ2v) is 5.63. The van der Waals surface area contributed by atoms with Gasteiger partial charge in [-0.3, -0.25) is 0 Å². The van der Waals surface area contributed by atoms with E-state index in [9.17, 15) is 4.79 Å². The number of nitrogens with zero attached hydrogens (tertiary/aromatic N) is 2. The van der Waals surface area contributed by atoms with Crippen LogP contribution in [0.4, 0.5) is 5.13 Å². The van der Waals surface area contributed by atoms with Crippen LogP contribution in [-0.2, 0) is 4.74 Å². The van der Waals surface area contributed by atoms with Gasteiger partial charge >= 0.3 is 5.97 Å². The number of likely N-dealkylation sites (tertiary alicyclic amines) is 1. The standard InChI is InChI=1S/C13H21N3O2S/c1-3-18-12(17)11-9-19-13(15-11)14-8-10-6-4-5-7-16(10)2/h9-10H,3-8H2,1-2H3,(H,14,15). The molecule has 0 bridgehead atoms. The number of rotatable bonds is 5. The van der Waals surface area contributed by atoms with Crippen LogP contribution in [0.1, 0.15) is 36.7 Å². The van der Waals surface area contributed by atoms with Crippen molar-refractivity contribution in [2.45, 2.75) is 32.2 Å². The molecule has 1 N–H and O–H groups in total. The van der Waals surface area contributed by atoms with Crippen molar-refractivity contribution in [2.75, 3.05) is 32.1 Å². The summed E-state index contributed by atoms with van der Waals surface area (Å²) in [7, 11) is 2.16. The van der Waals surface area contributed by atoms with Gasteiger partial charge in [0.15, 0.2) is 10.8 Å². The minimum atomic E-state index is -0.346. The van der Waals surface area contributed by atoms with Crippen LogP contribution in [0.15, 0.2) is 5.38 Å². The van der Waals surface area contributed by atoms with Gasteiger partial charge in [-0.15, -0.1) is 11.3 Å². The molecule has 0 amide bonds. The molecule has 1 aliphatic rings. The van der Waals surface area contributed by atoms with E-state index in [1.165, 1.54) is 30.6 Å². The fourth-order valence-electron chi connectivity index (χ4n) is 2.26. The molecule has 19 heavy (non-hydrogen) atoms. The molecular weight excluding hydrogens is 262 g/mol. The van der Waals surface area contributed by atoms with E-state index in [0.717, 1.165) is 18.2 Å². The monoisotopic (exact) mass is 283 g/mol. The van der Waals surface area contributed by atoms with Gasteiger partial charge in [0.1, 0.15) is 0 Å². The van der Waals surface area contributed by atoms with Crippen LogP contribution in [0.2, 0.25) is 0 Å². The van der Waals surface area contributed by atoms with Crippen molar-refractivity contribution >= 4 is 22.4 Å². The third kappa shape index (κ3) is 3.91. The number of thiazole rings is 1. The molecule has 0 saturated carbocycles. The predicted molar refractivity (Wildman–Crippen MR) is 76.8 cm³/mol. The van der Waals surface area contributed by atoms with Crippen LogP contribution in [0.3, 0.4) is 0 Å². The van der Waals surface area contributed by atoms with Gasteiger partial charge in [0.25, 0.3) is 0 Å². The molecule has 106 valence electrons. The quantitative estimate of drug-likeness (QED) is 0.840. The van der Waals surface area contributed by atoms with Crippen molar-refractivity contribution in [3.63, 3.8) is 0 Å². The third-order valence-corrected chi connectivity index (χ3v) is 4.20. The first-order valence-corrected chi connectivity index (χ1v) is 7.65. The molecule has 1 aromatic rings. The number of carbonyl (C=O) groups is 1. The number of anilines is 1. The highest BCUT2D eigenvalue weighted by atomic mass is 32.1. The Labute approximate surface area is 118 Å². The molecule has 0 aromatic carbocycles. The Morgan fingerprint density at radius 1 is 1.63 bits per heavy atom. The van der Waals surface area contributed by atoms with E-state index < -0.39 is 0 Å². The van der Waals surface area contributed by atoms with Crippen LogP contribution in [0.25, 0.3) is 0 Å². The summed E-state index contributed by atoms with van der Waals surface area (Å²) in [6.07, 6.45) is 3.81. The summed E-state index contributed by atoms with van der Waals surface area (Å²) in [6.45, 7) is 4.22. The lowest BCUT2D eigenvalue weighted by molar-refractivity contribution is 0.0520. The van der Waals surface area contributed by atoms with Gasteiger partial charge in [0.2, 0.25) is 0 Å². The van der Waals surface area contributed by atoms with Crippen LogP contribution in [-0.4, -0.2) is 48.6 Å². The van der Waals surface area contributed by atoms with E-state index >= 15 is 0 Å². The maximum atomic E-state index is 11.5. The molecule has 5 nitrogen and oxygen atoms in total. The molecular formula is C13H21N3O2S. The molecule has 0 spiro atoms. The summed E-state index contributed by atoms with van der Waals surface area (Å²) >= 11 is 1.45. The summed E-state index contributed by atoms with van der Waals surface area (Å²) in [5.74, 6) is -0.346. The average Bonchev–Trinajstić information content (AvgIpc) is 2.87. The van der Waals surface area contributed by atoms with Crippen molar-refractivity contribution in [2.24, 2.45) is 0 Å². The average molecular weight is 283 g/mol. The number of hydrogen-bond acceptors (Lipinski definition) is 6. The Bertz CT molecular complexity index is 422. The van der Waals surface area contributed by atoms with Crippen molar-refractivity contribution in [1.82, 2.24) is 9.88 Å². The largest absolute Gasteiger partial charge is 0.461 e. The second-order valence-electron chi connectivity index (χ2n) is 4.77. The smallest absolute Gasteiger partial charge is 0.357 e. The van der Waals surface area contributed by atoms with E-state index in [2.05, 4.69) is 22.2 Å². The lowest BCUT2D eigenvalue weighted by Crippen LogP contribution is -2.40. The van der Waals surface area contributed by atoms with Crippen LogP contribution in [0, 0.1) is 0 Å². The first-order chi connectivity index (χ1) is 9.20. The van der Waals surface area contributed by atoms with Gasteiger partial charge < -0.3 is 15.0 Å². The van der Waals surface area contributed by atoms with Crippen molar-refractivity contribution in [3.05, 3.63) is 11.1 Å². The van der Waals surface area contributed by atoms with Gasteiger partial charge in [0, 0.05) is 18.0 Å². The van der Waals surface area contributed by atoms with E-state index in [1.54, 1.807) is 12.3 Å². The number of likely N-dealkylation sites (N-methyl/N-ethyl adjacent to an activating group) is 1. The maximum Gasteiger partial charge on any atom is 0.357 e. The van der Waals surface area contributed by atoms with Crippen molar-refractivity contribution in [3.8, 4) is 0 Å². The Morgan fingerprint density at radius 3 is 3.21 bits per heavy atom. The molecule has 0 aliphatic carbocycles. The Hall–Kier alpha value is -1.14. The molecule has 1 aliphatic heterocycles. The molecule has 0 radical (unpaired) electrons. The molecule has 1 atom stereocenters. The highest BCUT2D eigenvalue weighted by molar-refractivity contribution is 7.13. The summed E-state index contributed by atoms with van der Waals surface area (Å²) in [6, 6.07) is 0.559. The number of aromatic nitrogens is 1. The highest BCUT2D eigenvalue weighted by Crippen LogP contribution is 2.19. The number of esters is 1. The topological polar surface area (TPSA) is 54.5 Å². The molecule has 6 heteroatoms. The normalized spacial score (nSPS) is 20.2. The van der Waals surface area contributed by atoms with Crippen LogP contribution < -0.4 is 5.32 Å². The van der Waals surface area contributed by atoms with Crippen LogP contribution >= 0.6 is 11.3 Å². The summed E-state index contributed by atoms with van der Waals surface area (Å²) in [5, 5.41) is 5.85. The fraction of sp³-hybridized carbons (Fsp3) is 0.692. The SMILES string of the molecule is CCOC(=O)c1csc(NCC2CCCCN2C)n1. The molecule has 2 rings (SSSR count). The van der Waals surface area contributed by atoms with Gasteiger partial charge in [-0.2, -0.15) is 0 Å². The van der Waals surface area contributed by atoms with E-state index in [1.807, 2.05) is 0 Å².